The maximum Gasteiger partial charge on any atom is 0.303 e. The molecule has 82 valence electrons. The van der Waals surface area contributed by atoms with E-state index in [1.807, 2.05) is 4.90 Å². The number of carboxylic acid groups (broad SMARTS) is 1. The maximum atomic E-state index is 10.6. The lowest BCUT2D eigenvalue weighted by Gasteiger charge is -2.14. The van der Waals surface area contributed by atoms with Crippen molar-refractivity contribution in [2.45, 2.75) is 12.8 Å². The van der Waals surface area contributed by atoms with Gasteiger partial charge < -0.3 is 10.0 Å². The third kappa shape index (κ3) is 2.05. The third-order valence-electron chi connectivity index (χ3n) is 2.63. The molecule has 1 unspecified atom stereocenters. The van der Waals surface area contributed by atoms with Crippen LogP contribution in [0.4, 0.5) is 5.95 Å². The summed E-state index contributed by atoms with van der Waals surface area (Å²) in [5, 5.41) is 19.9. The summed E-state index contributed by atoms with van der Waals surface area (Å²) < 4.78 is 1.60. The Kier molecular flexibility index (Phi) is 2.53. The van der Waals surface area contributed by atoms with Gasteiger partial charge in [-0.05, 0) is 22.8 Å². The number of anilines is 1. The second-order valence-electron chi connectivity index (χ2n) is 3.80. The predicted octanol–water partition coefficient (Wildman–Crippen LogP) is -0.489. The summed E-state index contributed by atoms with van der Waals surface area (Å²) in [6, 6.07) is 0. The fourth-order valence-corrected chi connectivity index (χ4v) is 1.92. The molecule has 0 bridgehead atoms. The van der Waals surface area contributed by atoms with Gasteiger partial charge in [-0.25, -0.2) is 4.68 Å². The van der Waals surface area contributed by atoms with Crippen LogP contribution < -0.4 is 4.90 Å². The SMILES string of the molecule is Cn1nnnc1N1CCC(CC(=O)O)C1. The van der Waals surface area contributed by atoms with Gasteiger partial charge in [0.15, 0.2) is 0 Å². The maximum absolute atomic E-state index is 10.6. The third-order valence-corrected chi connectivity index (χ3v) is 2.63. The molecule has 0 spiro atoms. The van der Waals surface area contributed by atoms with Crippen LogP contribution in [0.3, 0.4) is 0 Å². The second-order valence-corrected chi connectivity index (χ2v) is 3.80. The summed E-state index contributed by atoms with van der Waals surface area (Å²) in [6.07, 6.45) is 1.11. The molecule has 2 heterocycles. The molecule has 1 aliphatic rings. The Hall–Kier alpha value is -1.66. The van der Waals surface area contributed by atoms with Gasteiger partial charge in [0.05, 0.1) is 0 Å². The molecular formula is C8H13N5O2. The molecular weight excluding hydrogens is 198 g/mol. The average Bonchev–Trinajstić information content (AvgIpc) is 2.72. The van der Waals surface area contributed by atoms with Crippen molar-refractivity contribution in [2.24, 2.45) is 13.0 Å². The first kappa shape index (κ1) is 9.88. The smallest absolute Gasteiger partial charge is 0.303 e. The zero-order chi connectivity index (χ0) is 10.8. The number of aryl methyl sites for hydroxylation is 1. The van der Waals surface area contributed by atoms with Gasteiger partial charge in [-0.1, -0.05) is 5.10 Å². The fourth-order valence-electron chi connectivity index (χ4n) is 1.92. The van der Waals surface area contributed by atoms with Crippen molar-refractivity contribution in [3.63, 3.8) is 0 Å². The van der Waals surface area contributed by atoms with E-state index in [0.29, 0.717) is 5.95 Å². The highest BCUT2D eigenvalue weighted by molar-refractivity contribution is 5.67. The van der Waals surface area contributed by atoms with Gasteiger partial charge in [0.2, 0.25) is 5.95 Å². The van der Waals surface area contributed by atoms with Crippen molar-refractivity contribution in [3.8, 4) is 0 Å². The largest absolute Gasteiger partial charge is 0.481 e. The van der Waals surface area contributed by atoms with Crippen LogP contribution in [0.1, 0.15) is 12.8 Å². The van der Waals surface area contributed by atoms with Crippen molar-refractivity contribution < 1.29 is 9.90 Å². The lowest BCUT2D eigenvalue weighted by molar-refractivity contribution is -0.137. The molecule has 7 nitrogen and oxygen atoms in total. The number of carboxylic acids is 1. The van der Waals surface area contributed by atoms with Gasteiger partial charge in [0.1, 0.15) is 0 Å². The number of nitrogens with zero attached hydrogens (tertiary/aromatic N) is 5. The first-order valence-corrected chi connectivity index (χ1v) is 4.86. The van der Waals surface area contributed by atoms with E-state index in [1.54, 1.807) is 11.7 Å². The number of aliphatic carboxylic acids is 1. The molecule has 1 atom stereocenters. The molecule has 1 aromatic rings. The quantitative estimate of drug-likeness (QED) is 0.726. The van der Waals surface area contributed by atoms with Gasteiger partial charge in [0, 0.05) is 26.6 Å². The van der Waals surface area contributed by atoms with Crippen molar-refractivity contribution in [3.05, 3.63) is 0 Å². The predicted molar refractivity (Wildman–Crippen MR) is 51.4 cm³/mol. The van der Waals surface area contributed by atoms with Crippen LogP contribution in [0, 0.1) is 5.92 Å². The van der Waals surface area contributed by atoms with Gasteiger partial charge >= 0.3 is 5.97 Å². The van der Waals surface area contributed by atoms with Crippen LogP contribution >= 0.6 is 0 Å². The van der Waals surface area contributed by atoms with E-state index in [4.69, 9.17) is 5.11 Å². The molecule has 0 saturated carbocycles. The molecule has 0 radical (unpaired) electrons. The molecule has 1 aliphatic heterocycles. The Balaban J connectivity index is 1.98. The summed E-state index contributed by atoms with van der Waals surface area (Å²) in [5.74, 6) is 0.181. The van der Waals surface area contributed by atoms with E-state index in [9.17, 15) is 4.79 Å². The normalized spacial score (nSPS) is 20.9. The Labute approximate surface area is 86.7 Å². The Bertz CT molecular complexity index is 364. The molecule has 1 fully saturated rings. The second kappa shape index (κ2) is 3.84. The van der Waals surface area contributed by atoms with Crippen LogP contribution in [-0.2, 0) is 11.8 Å². The molecule has 0 aliphatic carbocycles. The highest BCUT2D eigenvalue weighted by Crippen LogP contribution is 2.22. The Morgan fingerprint density at radius 1 is 1.67 bits per heavy atom. The Morgan fingerprint density at radius 2 is 2.47 bits per heavy atom. The zero-order valence-electron chi connectivity index (χ0n) is 8.50. The van der Waals surface area contributed by atoms with Gasteiger partial charge in [-0.2, -0.15) is 0 Å². The number of rotatable bonds is 3. The standard InChI is InChI=1S/C8H13N5O2/c1-12-8(9-10-11-12)13-3-2-6(5-13)4-7(14)15/h6H,2-5H2,1H3,(H,14,15). The van der Waals surface area contributed by atoms with E-state index in [-0.39, 0.29) is 12.3 Å². The van der Waals surface area contributed by atoms with Gasteiger partial charge in [-0.3, -0.25) is 4.79 Å². The lowest BCUT2D eigenvalue weighted by atomic mass is 10.1. The topological polar surface area (TPSA) is 84.1 Å². The Morgan fingerprint density at radius 3 is 3.07 bits per heavy atom. The van der Waals surface area contributed by atoms with Crippen molar-refractivity contribution in [1.29, 1.82) is 0 Å². The minimum Gasteiger partial charge on any atom is -0.481 e. The van der Waals surface area contributed by atoms with Crippen molar-refractivity contribution >= 4 is 11.9 Å². The number of carbonyl (C=O) groups is 1. The van der Waals surface area contributed by atoms with Crippen LogP contribution in [0.5, 0.6) is 0 Å². The number of hydrogen-bond acceptors (Lipinski definition) is 5. The highest BCUT2D eigenvalue weighted by Gasteiger charge is 2.27. The molecule has 2 rings (SSSR count). The first-order chi connectivity index (χ1) is 7.16. The van der Waals surface area contributed by atoms with Crippen LogP contribution in [0.15, 0.2) is 0 Å². The van der Waals surface area contributed by atoms with Crippen molar-refractivity contribution in [1.82, 2.24) is 20.2 Å². The highest BCUT2D eigenvalue weighted by atomic mass is 16.4. The van der Waals surface area contributed by atoms with Gasteiger partial charge in [-0.15, -0.1) is 0 Å². The van der Waals surface area contributed by atoms with E-state index >= 15 is 0 Å². The van der Waals surface area contributed by atoms with Crippen LogP contribution in [-0.4, -0.2) is 44.4 Å². The monoisotopic (exact) mass is 211 g/mol. The van der Waals surface area contributed by atoms with E-state index in [0.717, 1.165) is 19.5 Å². The molecule has 1 N–H and O–H groups in total. The summed E-state index contributed by atoms with van der Waals surface area (Å²) in [5.41, 5.74) is 0. The summed E-state index contributed by atoms with van der Waals surface area (Å²) >= 11 is 0. The minimum atomic E-state index is -0.738. The minimum absolute atomic E-state index is 0.208. The summed E-state index contributed by atoms with van der Waals surface area (Å²) in [7, 11) is 1.78. The van der Waals surface area contributed by atoms with E-state index in [2.05, 4.69) is 15.5 Å². The fraction of sp³-hybridized carbons (Fsp3) is 0.750. The molecule has 1 aromatic heterocycles. The molecule has 15 heavy (non-hydrogen) atoms. The number of tetrazole rings is 1. The van der Waals surface area contributed by atoms with Gasteiger partial charge in [0.25, 0.3) is 0 Å². The number of aromatic nitrogens is 4. The lowest BCUT2D eigenvalue weighted by Crippen LogP contribution is -2.23. The summed E-state index contributed by atoms with van der Waals surface area (Å²) in [6.45, 7) is 1.55. The zero-order valence-corrected chi connectivity index (χ0v) is 8.50. The van der Waals surface area contributed by atoms with Crippen LogP contribution in [0.2, 0.25) is 0 Å². The molecule has 0 amide bonds. The summed E-state index contributed by atoms with van der Waals surface area (Å²) in [4.78, 5) is 12.6. The van der Waals surface area contributed by atoms with Crippen LogP contribution in [0.25, 0.3) is 0 Å². The molecule has 7 heteroatoms. The van der Waals surface area contributed by atoms with E-state index < -0.39 is 5.97 Å². The number of hydrogen-bond donors (Lipinski definition) is 1. The van der Waals surface area contributed by atoms with E-state index in [1.165, 1.54) is 0 Å². The first-order valence-electron chi connectivity index (χ1n) is 4.86. The van der Waals surface area contributed by atoms with Crippen molar-refractivity contribution in [2.75, 3.05) is 18.0 Å². The molecule has 0 aromatic carbocycles. The molecule has 1 saturated heterocycles. The average molecular weight is 211 g/mol.